The molecule has 1 fully saturated rings. The minimum atomic E-state index is -0.151. The van der Waals surface area contributed by atoms with E-state index in [9.17, 15) is 9.90 Å². The second-order valence-electron chi connectivity index (χ2n) is 6.00. The molecule has 1 amide bonds. The van der Waals surface area contributed by atoms with E-state index in [1.165, 1.54) is 0 Å². The number of phenols is 1. The Morgan fingerprint density at radius 1 is 1.45 bits per heavy atom. The van der Waals surface area contributed by atoms with Crippen molar-refractivity contribution in [2.45, 2.75) is 45.1 Å². The summed E-state index contributed by atoms with van der Waals surface area (Å²) in [4.78, 5) is 12.5. The van der Waals surface area contributed by atoms with Crippen LogP contribution in [0.3, 0.4) is 0 Å². The number of halogens is 1. The van der Waals surface area contributed by atoms with Gasteiger partial charge in [0.2, 0.25) is 0 Å². The molecular formula is C16H22BrNO2. The van der Waals surface area contributed by atoms with Crippen LogP contribution in [0.25, 0.3) is 0 Å². The molecule has 1 aromatic rings. The van der Waals surface area contributed by atoms with E-state index in [1.54, 1.807) is 25.1 Å². The van der Waals surface area contributed by atoms with Gasteiger partial charge < -0.3 is 10.4 Å². The standard InChI is InChI=1S/C16H22BrNO2/c1-11-6-8-16(10-17,9-7-11)18-15(20)13-4-3-5-14(19)12(13)2/h3-5,11,19H,6-10H2,1-2H3,(H,18,20). The minimum Gasteiger partial charge on any atom is -0.508 e. The van der Waals surface area contributed by atoms with Crippen LogP contribution in [0.1, 0.15) is 48.5 Å². The van der Waals surface area contributed by atoms with E-state index in [0.29, 0.717) is 11.1 Å². The molecule has 2 N–H and O–H groups in total. The maximum atomic E-state index is 12.5. The van der Waals surface area contributed by atoms with Crippen molar-refractivity contribution in [1.82, 2.24) is 5.32 Å². The lowest BCUT2D eigenvalue weighted by Gasteiger charge is -2.39. The molecular weight excluding hydrogens is 318 g/mol. The van der Waals surface area contributed by atoms with Gasteiger partial charge in [-0.15, -0.1) is 0 Å². The summed E-state index contributed by atoms with van der Waals surface area (Å²) in [5, 5.41) is 13.7. The van der Waals surface area contributed by atoms with Gasteiger partial charge in [-0.3, -0.25) is 4.79 Å². The Morgan fingerprint density at radius 3 is 2.70 bits per heavy atom. The Balaban J connectivity index is 2.15. The number of rotatable bonds is 3. The molecule has 1 saturated carbocycles. The van der Waals surface area contributed by atoms with Gasteiger partial charge >= 0.3 is 0 Å². The zero-order valence-electron chi connectivity index (χ0n) is 12.1. The van der Waals surface area contributed by atoms with Crippen molar-refractivity contribution in [2.75, 3.05) is 5.33 Å². The first kappa shape index (κ1) is 15.4. The molecule has 0 atom stereocenters. The molecule has 0 radical (unpaired) electrons. The summed E-state index contributed by atoms with van der Waals surface area (Å²) in [6, 6.07) is 5.08. The van der Waals surface area contributed by atoms with Crippen LogP contribution in [-0.4, -0.2) is 21.9 Å². The second kappa shape index (κ2) is 6.17. The van der Waals surface area contributed by atoms with E-state index in [4.69, 9.17) is 0 Å². The number of carbonyl (C=O) groups excluding carboxylic acids is 1. The van der Waals surface area contributed by atoms with Crippen molar-refractivity contribution < 1.29 is 9.90 Å². The van der Waals surface area contributed by atoms with Crippen LogP contribution < -0.4 is 5.32 Å². The molecule has 0 heterocycles. The van der Waals surface area contributed by atoms with Crippen LogP contribution >= 0.6 is 15.9 Å². The molecule has 3 nitrogen and oxygen atoms in total. The van der Waals surface area contributed by atoms with Crippen molar-refractivity contribution in [3.63, 3.8) is 0 Å². The highest BCUT2D eigenvalue weighted by molar-refractivity contribution is 9.09. The molecule has 0 saturated heterocycles. The molecule has 1 aliphatic rings. The van der Waals surface area contributed by atoms with Crippen LogP contribution in [-0.2, 0) is 0 Å². The number of carbonyl (C=O) groups is 1. The molecule has 0 bridgehead atoms. The number of hydrogen-bond acceptors (Lipinski definition) is 2. The predicted octanol–water partition coefficient (Wildman–Crippen LogP) is 3.77. The molecule has 1 aliphatic carbocycles. The molecule has 0 unspecified atom stereocenters. The fourth-order valence-electron chi connectivity index (χ4n) is 2.78. The Bertz CT molecular complexity index is 493. The van der Waals surface area contributed by atoms with E-state index >= 15 is 0 Å². The Kier molecular flexibility index (Phi) is 4.74. The van der Waals surface area contributed by atoms with Gasteiger partial charge in [0, 0.05) is 16.5 Å². The minimum absolute atomic E-state index is 0.0904. The third-order valence-corrected chi connectivity index (χ3v) is 5.49. The predicted molar refractivity (Wildman–Crippen MR) is 84.5 cm³/mol. The second-order valence-corrected chi connectivity index (χ2v) is 6.56. The van der Waals surface area contributed by atoms with E-state index in [-0.39, 0.29) is 17.2 Å². The SMILES string of the molecule is Cc1c(O)cccc1C(=O)NC1(CBr)CCC(C)CC1. The summed E-state index contributed by atoms with van der Waals surface area (Å²) in [5.41, 5.74) is 1.05. The molecule has 0 spiro atoms. The Morgan fingerprint density at radius 2 is 2.10 bits per heavy atom. The first-order valence-electron chi connectivity index (χ1n) is 7.14. The van der Waals surface area contributed by atoms with Crippen molar-refractivity contribution in [2.24, 2.45) is 5.92 Å². The van der Waals surface area contributed by atoms with Crippen LogP contribution in [0.5, 0.6) is 5.75 Å². The van der Waals surface area contributed by atoms with Crippen LogP contribution in [0.15, 0.2) is 18.2 Å². The molecule has 0 aromatic heterocycles. The first-order chi connectivity index (χ1) is 9.47. The number of hydrogen-bond donors (Lipinski definition) is 2. The average molecular weight is 340 g/mol. The summed E-state index contributed by atoms with van der Waals surface area (Å²) >= 11 is 3.56. The van der Waals surface area contributed by atoms with Gasteiger partial charge in [-0.1, -0.05) is 28.9 Å². The summed E-state index contributed by atoms with van der Waals surface area (Å²) in [7, 11) is 0. The number of benzene rings is 1. The molecule has 20 heavy (non-hydrogen) atoms. The fourth-order valence-corrected chi connectivity index (χ4v) is 3.49. The van der Waals surface area contributed by atoms with Crippen LogP contribution in [0, 0.1) is 12.8 Å². The van der Waals surface area contributed by atoms with E-state index in [0.717, 1.165) is 36.9 Å². The number of amides is 1. The van der Waals surface area contributed by atoms with Gasteiger partial charge in [0.1, 0.15) is 5.75 Å². The summed E-state index contributed by atoms with van der Waals surface area (Å²) in [6.07, 6.45) is 4.29. The van der Waals surface area contributed by atoms with Gasteiger partial charge in [-0.2, -0.15) is 0 Å². The first-order valence-corrected chi connectivity index (χ1v) is 8.26. The Hall–Kier alpha value is -1.03. The van der Waals surface area contributed by atoms with Gasteiger partial charge in [0.15, 0.2) is 0 Å². The van der Waals surface area contributed by atoms with Gasteiger partial charge in [0.05, 0.1) is 5.54 Å². The molecule has 1 aromatic carbocycles. The summed E-state index contributed by atoms with van der Waals surface area (Å²) in [5.74, 6) is 0.816. The molecule has 4 heteroatoms. The largest absolute Gasteiger partial charge is 0.508 e. The lowest BCUT2D eigenvalue weighted by atomic mass is 9.78. The van der Waals surface area contributed by atoms with E-state index in [1.807, 2.05) is 0 Å². The quantitative estimate of drug-likeness (QED) is 0.823. The van der Waals surface area contributed by atoms with Crippen molar-refractivity contribution >= 4 is 21.8 Å². The smallest absolute Gasteiger partial charge is 0.252 e. The number of nitrogens with one attached hydrogen (secondary N) is 1. The number of phenolic OH excluding ortho intramolecular Hbond substituents is 1. The molecule has 2 rings (SSSR count). The highest BCUT2D eigenvalue weighted by atomic mass is 79.9. The zero-order chi connectivity index (χ0) is 14.8. The Labute approximate surface area is 128 Å². The third kappa shape index (κ3) is 3.17. The zero-order valence-corrected chi connectivity index (χ0v) is 13.7. The maximum Gasteiger partial charge on any atom is 0.252 e. The van der Waals surface area contributed by atoms with E-state index < -0.39 is 0 Å². The summed E-state index contributed by atoms with van der Waals surface area (Å²) < 4.78 is 0. The van der Waals surface area contributed by atoms with Gasteiger partial charge in [-0.25, -0.2) is 0 Å². The lowest BCUT2D eigenvalue weighted by Crippen LogP contribution is -2.52. The van der Waals surface area contributed by atoms with Crippen molar-refractivity contribution in [1.29, 1.82) is 0 Å². The van der Waals surface area contributed by atoms with Crippen molar-refractivity contribution in [3.8, 4) is 5.75 Å². The fraction of sp³-hybridized carbons (Fsp3) is 0.562. The van der Waals surface area contributed by atoms with Crippen molar-refractivity contribution in [3.05, 3.63) is 29.3 Å². The monoisotopic (exact) mass is 339 g/mol. The van der Waals surface area contributed by atoms with Gasteiger partial charge in [-0.05, 0) is 50.7 Å². The summed E-state index contributed by atoms with van der Waals surface area (Å²) in [6.45, 7) is 4.04. The maximum absolute atomic E-state index is 12.5. The average Bonchev–Trinajstić information content (AvgIpc) is 2.44. The highest BCUT2D eigenvalue weighted by Crippen LogP contribution is 2.33. The molecule has 0 aliphatic heterocycles. The number of aromatic hydroxyl groups is 1. The van der Waals surface area contributed by atoms with Crippen LogP contribution in [0.2, 0.25) is 0 Å². The molecule has 110 valence electrons. The number of alkyl halides is 1. The third-order valence-electron chi connectivity index (χ3n) is 4.42. The van der Waals surface area contributed by atoms with Crippen LogP contribution in [0.4, 0.5) is 0 Å². The topological polar surface area (TPSA) is 49.3 Å². The lowest BCUT2D eigenvalue weighted by molar-refractivity contribution is 0.0873. The highest BCUT2D eigenvalue weighted by Gasteiger charge is 2.35. The van der Waals surface area contributed by atoms with Gasteiger partial charge in [0.25, 0.3) is 5.91 Å². The van der Waals surface area contributed by atoms with E-state index in [2.05, 4.69) is 28.2 Å². The normalized spacial score (nSPS) is 26.2.